The fourth-order valence-corrected chi connectivity index (χ4v) is 4.92. The van der Waals surface area contributed by atoms with Crippen molar-refractivity contribution < 1.29 is 9.47 Å². The quantitative estimate of drug-likeness (QED) is 0.339. The number of benzene rings is 3. The van der Waals surface area contributed by atoms with Gasteiger partial charge in [0.1, 0.15) is 30.7 Å². The van der Waals surface area contributed by atoms with Crippen LogP contribution in [0.3, 0.4) is 0 Å². The van der Waals surface area contributed by atoms with E-state index in [1.165, 1.54) is 5.56 Å². The van der Waals surface area contributed by atoms with Gasteiger partial charge in [-0.25, -0.2) is 14.7 Å². The molecule has 2 aliphatic heterocycles. The normalized spacial score (nSPS) is 19.2. The molecule has 0 amide bonds. The molecule has 2 atom stereocenters. The molecule has 0 spiro atoms. The molecule has 6 rings (SSSR count). The minimum atomic E-state index is -0.708. The highest BCUT2D eigenvalue weighted by molar-refractivity contribution is 6.06. The Balaban J connectivity index is 1.31. The van der Waals surface area contributed by atoms with E-state index in [4.69, 9.17) is 19.5 Å². The highest BCUT2D eigenvalue weighted by atomic mass is 16.5. The second kappa shape index (κ2) is 10.0. The molecule has 4 aromatic rings. The van der Waals surface area contributed by atoms with Crippen LogP contribution in [0.1, 0.15) is 41.4 Å². The number of aromatic nitrogens is 3. The zero-order valence-electron chi connectivity index (χ0n) is 20.8. The van der Waals surface area contributed by atoms with E-state index in [1.54, 1.807) is 0 Å². The van der Waals surface area contributed by atoms with Crippen LogP contribution in [-0.4, -0.2) is 40.0 Å². The highest BCUT2D eigenvalue weighted by Crippen LogP contribution is 2.38. The molecular formula is C30H29N5O2. The van der Waals surface area contributed by atoms with Crippen LogP contribution in [0.2, 0.25) is 0 Å². The summed E-state index contributed by atoms with van der Waals surface area (Å²) in [6.07, 6.45) is 2.50. The SMILES string of the molecule is CC(Cc1cn(Cc2ccccc2)nn1)(C1=N[C@@H](c2ccccc2)CO1)C1=N[C@@H](c2ccccc2)CO1. The van der Waals surface area contributed by atoms with Crippen LogP contribution >= 0.6 is 0 Å². The van der Waals surface area contributed by atoms with Crippen molar-refractivity contribution >= 4 is 11.8 Å². The van der Waals surface area contributed by atoms with Gasteiger partial charge in [0.05, 0.1) is 12.2 Å². The van der Waals surface area contributed by atoms with Gasteiger partial charge in [-0.15, -0.1) is 5.10 Å². The van der Waals surface area contributed by atoms with Crippen LogP contribution < -0.4 is 0 Å². The minimum Gasteiger partial charge on any atom is -0.478 e. The molecule has 3 aromatic carbocycles. The van der Waals surface area contributed by atoms with Crippen molar-refractivity contribution in [2.45, 2.75) is 32.0 Å². The number of ether oxygens (including phenoxy) is 2. The monoisotopic (exact) mass is 491 g/mol. The Morgan fingerprint density at radius 1 is 0.757 bits per heavy atom. The third kappa shape index (κ3) is 4.89. The molecule has 0 aliphatic carbocycles. The predicted octanol–water partition coefficient (Wildman–Crippen LogP) is 5.22. The lowest BCUT2D eigenvalue weighted by Crippen LogP contribution is -2.39. The molecule has 1 aromatic heterocycles. The van der Waals surface area contributed by atoms with Crippen LogP contribution in [0.4, 0.5) is 0 Å². The van der Waals surface area contributed by atoms with Gasteiger partial charge in [-0.05, 0) is 23.6 Å². The summed E-state index contributed by atoms with van der Waals surface area (Å²) in [6.45, 7) is 3.73. The van der Waals surface area contributed by atoms with Crippen LogP contribution in [0.25, 0.3) is 0 Å². The summed E-state index contributed by atoms with van der Waals surface area (Å²) in [4.78, 5) is 10.0. The predicted molar refractivity (Wildman–Crippen MR) is 143 cm³/mol. The molecule has 0 fully saturated rings. The van der Waals surface area contributed by atoms with Crippen LogP contribution in [0.5, 0.6) is 0 Å². The van der Waals surface area contributed by atoms with Crippen LogP contribution in [-0.2, 0) is 22.4 Å². The molecule has 0 N–H and O–H groups in total. The van der Waals surface area contributed by atoms with Gasteiger partial charge in [0.25, 0.3) is 0 Å². The molecule has 0 saturated carbocycles. The molecule has 7 heteroatoms. The number of nitrogens with zero attached hydrogens (tertiary/aromatic N) is 5. The van der Waals surface area contributed by atoms with Crippen molar-refractivity contribution in [3.05, 3.63) is 120 Å². The highest BCUT2D eigenvalue weighted by Gasteiger charge is 2.46. The summed E-state index contributed by atoms with van der Waals surface area (Å²) >= 11 is 0. The average molecular weight is 492 g/mol. The van der Waals surface area contributed by atoms with Gasteiger partial charge < -0.3 is 9.47 Å². The van der Waals surface area contributed by atoms with Gasteiger partial charge in [0.2, 0.25) is 0 Å². The van der Waals surface area contributed by atoms with E-state index >= 15 is 0 Å². The van der Waals surface area contributed by atoms with Crippen LogP contribution in [0.15, 0.2) is 107 Å². The van der Waals surface area contributed by atoms with E-state index in [-0.39, 0.29) is 12.1 Å². The Bertz CT molecular complexity index is 1330. The molecule has 2 aliphatic rings. The molecular weight excluding hydrogens is 462 g/mol. The van der Waals surface area contributed by atoms with Crippen molar-refractivity contribution in [2.24, 2.45) is 15.4 Å². The first-order valence-electron chi connectivity index (χ1n) is 12.6. The number of aliphatic imine (C=N–C) groups is 2. The van der Waals surface area contributed by atoms with Crippen molar-refractivity contribution in [3.63, 3.8) is 0 Å². The summed E-state index contributed by atoms with van der Waals surface area (Å²) < 4.78 is 14.4. The van der Waals surface area contributed by atoms with Crippen molar-refractivity contribution in [1.82, 2.24) is 15.0 Å². The third-order valence-electron chi connectivity index (χ3n) is 6.92. The second-order valence-corrected chi connectivity index (χ2v) is 9.75. The summed E-state index contributed by atoms with van der Waals surface area (Å²) in [5.74, 6) is 1.26. The summed E-state index contributed by atoms with van der Waals surface area (Å²) in [5.41, 5.74) is 3.56. The summed E-state index contributed by atoms with van der Waals surface area (Å²) in [6, 6.07) is 30.6. The Hall–Kier alpha value is -4.26. The molecule has 3 heterocycles. The Kier molecular flexibility index (Phi) is 6.26. The smallest absolute Gasteiger partial charge is 0.200 e. The van der Waals surface area contributed by atoms with Crippen molar-refractivity contribution in [2.75, 3.05) is 13.2 Å². The molecule has 0 bridgehead atoms. The van der Waals surface area contributed by atoms with E-state index < -0.39 is 5.41 Å². The lowest BCUT2D eigenvalue weighted by molar-refractivity contribution is 0.257. The maximum Gasteiger partial charge on any atom is 0.200 e. The molecule has 186 valence electrons. The Labute approximate surface area is 216 Å². The fourth-order valence-electron chi connectivity index (χ4n) is 4.92. The zero-order chi connectivity index (χ0) is 25.1. The van der Waals surface area contributed by atoms with Gasteiger partial charge in [0, 0.05) is 12.6 Å². The topological polar surface area (TPSA) is 73.9 Å². The number of hydrogen-bond donors (Lipinski definition) is 0. The largest absolute Gasteiger partial charge is 0.478 e. The Morgan fingerprint density at radius 2 is 1.27 bits per heavy atom. The van der Waals surface area contributed by atoms with Crippen molar-refractivity contribution in [3.8, 4) is 0 Å². The first-order chi connectivity index (χ1) is 18.2. The molecule has 0 unspecified atom stereocenters. The first-order valence-corrected chi connectivity index (χ1v) is 12.6. The van der Waals surface area contributed by atoms with Gasteiger partial charge >= 0.3 is 0 Å². The maximum atomic E-state index is 6.25. The van der Waals surface area contributed by atoms with E-state index in [0.29, 0.717) is 38.0 Å². The third-order valence-corrected chi connectivity index (χ3v) is 6.92. The van der Waals surface area contributed by atoms with Gasteiger partial charge in [-0.1, -0.05) is 96.2 Å². The molecule has 7 nitrogen and oxygen atoms in total. The van der Waals surface area contributed by atoms with Gasteiger partial charge in [-0.2, -0.15) is 0 Å². The second-order valence-electron chi connectivity index (χ2n) is 9.75. The lowest BCUT2D eigenvalue weighted by atomic mass is 9.84. The molecule has 0 saturated heterocycles. The first kappa shape index (κ1) is 23.2. The standard InChI is InChI=1S/C30H29N5O2/c1-30(28-31-26(20-36-28)23-13-7-3-8-14-23,29-32-27(21-37-29)24-15-9-4-10-16-24)17-25-19-35(34-33-25)18-22-11-5-2-6-12-22/h2-16,19,26-27H,17-18,20-21H2,1H3/t26-,27-/m1/s1. The minimum absolute atomic E-state index is 0.0591. The Morgan fingerprint density at radius 3 is 1.81 bits per heavy atom. The molecule has 0 radical (unpaired) electrons. The van der Waals surface area contributed by atoms with E-state index in [0.717, 1.165) is 16.8 Å². The van der Waals surface area contributed by atoms with E-state index in [9.17, 15) is 0 Å². The summed E-state index contributed by atoms with van der Waals surface area (Å²) in [5, 5.41) is 8.87. The van der Waals surface area contributed by atoms with Gasteiger partial charge in [-0.3, -0.25) is 0 Å². The lowest BCUT2D eigenvalue weighted by Gasteiger charge is -2.26. The number of rotatable bonds is 8. The average Bonchev–Trinajstić information content (AvgIpc) is 3.72. The van der Waals surface area contributed by atoms with E-state index in [2.05, 4.69) is 53.6 Å². The van der Waals surface area contributed by atoms with Crippen molar-refractivity contribution in [1.29, 1.82) is 0 Å². The summed E-state index contributed by atoms with van der Waals surface area (Å²) in [7, 11) is 0. The zero-order valence-corrected chi connectivity index (χ0v) is 20.8. The number of hydrogen-bond acceptors (Lipinski definition) is 6. The van der Waals surface area contributed by atoms with Gasteiger partial charge in [0.15, 0.2) is 11.8 Å². The molecule has 37 heavy (non-hydrogen) atoms. The van der Waals surface area contributed by atoms with E-state index in [1.807, 2.05) is 65.5 Å². The maximum absolute atomic E-state index is 6.25. The van der Waals surface area contributed by atoms with Crippen LogP contribution in [0, 0.1) is 5.41 Å². The fraction of sp³-hybridized carbons (Fsp3) is 0.267.